The Morgan fingerprint density at radius 2 is 2.35 bits per heavy atom. The van der Waals surface area contributed by atoms with Gasteiger partial charge < -0.3 is 4.74 Å². The summed E-state index contributed by atoms with van der Waals surface area (Å²) in [5, 5.41) is 0. The van der Waals surface area contributed by atoms with Gasteiger partial charge in [0.1, 0.15) is 12.4 Å². The quantitative estimate of drug-likeness (QED) is 0.739. The fourth-order valence-corrected chi connectivity index (χ4v) is 2.35. The van der Waals surface area contributed by atoms with Crippen LogP contribution < -0.4 is 0 Å². The summed E-state index contributed by atoms with van der Waals surface area (Å²) in [6.45, 7) is 7.60. The summed E-state index contributed by atoms with van der Waals surface area (Å²) in [6, 6.07) is 0.309. The van der Waals surface area contributed by atoms with Crippen LogP contribution in [-0.2, 0) is 4.74 Å². The number of nitrogens with zero attached hydrogens (tertiary/aromatic N) is 2. The van der Waals surface area contributed by atoms with Crippen molar-refractivity contribution in [2.45, 2.75) is 39.7 Å². The van der Waals surface area contributed by atoms with E-state index in [0.29, 0.717) is 25.1 Å². The highest BCUT2D eigenvalue weighted by Gasteiger charge is 2.28. The second-order valence-electron chi connectivity index (χ2n) is 5.23. The Balaban J connectivity index is 2.13. The molecule has 0 spiro atoms. The first-order chi connectivity index (χ1) is 8.06. The Morgan fingerprint density at radius 3 is 2.94 bits per heavy atom. The van der Waals surface area contributed by atoms with Crippen LogP contribution in [0.1, 0.15) is 33.6 Å². The number of carbonyl (C=O) groups excluding carboxylic acids is 1. The van der Waals surface area contributed by atoms with Crippen molar-refractivity contribution >= 4 is 11.9 Å². The first-order valence-corrected chi connectivity index (χ1v) is 6.25. The third kappa shape index (κ3) is 2.87. The van der Waals surface area contributed by atoms with Gasteiger partial charge in [-0.1, -0.05) is 19.4 Å². The van der Waals surface area contributed by atoms with Gasteiger partial charge in [-0.25, -0.2) is 4.79 Å². The second kappa shape index (κ2) is 4.90. The molecule has 17 heavy (non-hydrogen) atoms. The molecule has 4 heteroatoms. The zero-order chi connectivity index (χ0) is 12.4. The number of rotatable bonds is 2. The Morgan fingerprint density at radius 1 is 1.59 bits per heavy atom. The molecular weight excluding hydrogens is 216 g/mol. The number of ether oxygens (including phenoxy) is 1. The number of hydrogen-bond donors (Lipinski definition) is 0. The van der Waals surface area contributed by atoms with E-state index in [1.807, 2.05) is 6.08 Å². The van der Waals surface area contributed by atoms with Crippen molar-refractivity contribution in [3.63, 3.8) is 0 Å². The van der Waals surface area contributed by atoms with Crippen molar-refractivity contribution in [2.75, 3.05) is 13.2 Å². The summed E-state index contributed by atoms with van der Waals surface area (Å²) in [5.74, 6) is 1.41. The maximum Gasteiger partial charge on any atom is 0.415 e. The first-order valence-electron chi connectivity index (χ1n) is 6.25. The molecule has 0 unspecified atom stereocenters. The van der Waals surface area contributed by atoms with Crippen LogP contribution in [0, 0.1) is 5.92 Å². The van der Waals surface area contributed by atoms with Crippen LogP contribution in [0.4, 0.5) is 4.79 Å². The molecule has 2 aliphatic rings. The average molecular weight is 236 g/mol. The Hall–Kier alpha value is -1.32. The molecule has 2 rings (SSSR count). The van der Waals surface area contributed by atoms with Gasteiger partial charge >= 0.3 is 6.09 Å². The minimum absolute atomic E-state index is 0.266. The summed E-state index contributed by atoms with van der Waals surface area (Å²) in [4.78, 5) is 17.8. The molecular formula is C13H20N2O2. The smallest absolute Gasteiger partial charge is 0.415 e. The van der Waals surface area contributed by atoms with Crippen LogP contribution in [0.2, 0.25) is 0 Å². The highest BCUT2D eigenvalue weighted by Crippen LogP contribution is 2.22. The van der Waals surface area contributed by atoms with Crippen LogP contribution in [0.5, 0.6) is 0 Å². The van der Waals surface area contributed by atoms with E-state index in [2.05, 4.69) is 25.8 Å². The number of amides is 1. The lowest BCUT2D eigenvalue weighted by Crippen LogP contribution is -2.33. The maximum absolute atomic E-state index is 11.5. The van der Waals surface area contributed by atoms with Gasteiger partial charge in [0, 0.05) is 0 Å². The Labute approximate surface area is 102 Å². The minimum Gasteiger partial charge on any atom is -0.447 e. The van der Waals surface area contributed by atoms with E-state index in [-0.39, 0.29) is 6.09 Å². The second-order valence-corrected chi connectivity index (χ2v) is 5.23. The molecule has 0 bridgehead atoms. The molecule has 1 saturated heterocycles. The zero-order valence-electron chi connectivity index (χ0n) is 10.8. The van der Waals surface area contributed by atoms with Crippen LogP contribution in [0.15, 0.2) is 16.6 Å². The molecule has 0 saturated carbocycles. The molecule has 0 radical (unpaired) electrons. The predicted octanol–water partition coefficient (Wildman–Crippen LogP) is 2.60. The molecule has 1 amide bonds. The van der Waals surface area contributed by atoms with Crippen molar-refractivity contribution in [1.82, 2.24) is 4.90 Å². The number of hydrogen-bond acceptors (Lipinski definition) is 3. The molecule has 0 N–H and O–H groups in total. The van der Waals surface area contributed by atoms with E-state index in [0.717, 1.165) is 18.7 Å². The molecule has 0 aliphatic carbocycles. The van der Waals surface area contributed by atoms with Gasteiger partial charge in [-0.2, -0.15) is 0 Å². The Kier molecular flexibility index (Phi) is 3.50. The molecule has 94 valence electrons. The predicted molar refractivity (Wildman–Crippen MR) is 67.1 cm³/mol. The molecule has 2 heterocycles. The van der Waals surface area contributed by atoms with Crippen molar-refractivity contribution in [1.29, 1.82) is 0 Å². The van der Waals surface area contributed by atoms with E-state index in [1.165, 1.54) is 5.57 Å². The lowest BCUT2D eigenvalue weighted by molar-refractivity contribution is 0.168. The van der Waals surface area contributed by atoms with Crippen molar-refractivity contribution in [2.24, 2.45) is 10.9 Å². The van der Waals surface area contributed by atoms with E-state index in [9.17, 15) is 4.79 Å². The molecule has 0 aromatic carbocycles. The van der Waals surface area contributed by atoms with Crippen LogP contribution in [0.25, 0.3) is 0 Å². The molecule has 2 aliphatic heterocycles. The summed E-state index contributed by atoms with van der Waals surface area (Å²) in [5.41, 5.74) is 1.29. The Bertz CT molecular complexity index is 372. The van der Waals surface area contributed by atoms with Crippen LogP contribution in [-0.4, -0.2) is 36.0 Å². The van der Waals surface area contributed by atoms with E-state index >= 15 is 0 Å². The van der Waals surface area contributed by atoms with Gasteiger partial charge in [-0.05, 0) is 31.8 Å². The third-order valence-corrected chi connectivity index (χ3v) is 3.03. The van der Waals surface area contributed by atoms with E-state index in [4.69, 9.17) is 4.74 Å². The summed E-state index contributed by atoms with van der Waals surface area (Å²) < 4.78 is 4.95. The number of cyclic esters (lactones) is 1. The van der Waals surface area contributed by atoms with E-state index in [1.54, 1.807) is 4.90 Å². The number of aliphatic imine (C=N–C) groups is 1. The average Bonchev–Trinajstić information content (AvgIpc) is 2.62. The lowest BCUT2D eigenvalue weighted by Gasteiger charge is -2.24. The normalized spacial score (nSPS) is 24.8. The fourth-order valence-electron chi connectivity index (χ4n) is 2.35. The molecule has 0 aromatic rings. The number of dihydropyridines is 1. The van der Waals surface area contributed by atoms with Gasteiger partial charge in [0.05, 0.1) is 12.6 Å². The van der Waals surface area contributed by atoms with Gasteiger partial charge in [0.25, 0.3) is 0 Å². The highest BCUT2D eigenvalue weighted by molar-refractivity contribution is 6.03. The van der Waals surface area contributed by atoms with Crippen molar-refractivity contribution in [3.8, 4) is 0 Å². The standard InChI is InChI=1S/C13H20N2O2/c1-9(2)6-11-7-10(3)8-12(14-11)15-4-5-17-13(15)16/h8-9,11H,4-7H2,1-3H3/t11-/m0/s1. The van der Waals surface area contributed by atoms with Crippen molar-refractivity contribution < 1.29 is 9.53 Å². The minimum atomic E-state index is -0.266. The molecule has 4 nitrogen and oxygen atoms in total. The van der Waals surface area contributed by atoms with Crippen molar-refractivity contribution in [3.05, 3.63) is 11.6 Å². The summed E-state index contributed by atoms with van der Waals surface area (Å²) in [6.07, 6.45) is 3.81. The summed E-state index contributed by atoms with van der Waals surface area (Å²) >= 11 is 0. The monoisotopic (exact) mass is 236 g/mol. The van der Waals surface area contributed by atoms with Crippen LogP contribution >= 0.6 is 0 Å². The maximum atomic E-state index is 11.5. The van der Waals surface area contributed by atoms with Gasteiger partial charge in [-0.15, -0.1) is 0 Å². The summed E-state index contributed by atoms with van der Waals surface area (Å²) in [7, 11) is 0. The fraction of sp³-hybridized carbons (Fsp3) is 0.692. The first kappa shape index (κ1) is 12.1. The molecule has 1 fully saturated rings. The van der Waals surface area contributed by atoms with Gasteiger partial charge in [0.2, 0.25) is 0 Å². The van der Waals surface area contributed by atoms with Gasteiger partial charge in [0.15, 0.2) is 0 Å². The molecule has 0 aromatic heterocycles. The van der Waals surface area contributed by atoms with Gasteiger partial charge in [-0.3, -0.25) is 9.89 Å². The SMILES string of the molecule is CC1=CC(N2CCOC2=O)=N[C@@H](CC(C)C)C1. The third-order valence-electron chi connectivity index (χ3n) is 3.03. The lowest BCUT2D eigenvalue weighted by atomic mass is 9.96. The topological polar surface area (TPSA) is 41.9 Å². The highest BCUT2D eigenvalue weighted by atomic mass is 16.6. The number of amidine groups is 1. The number of carbonyl (C=O) groups is 1. The zero-order valence-corrected chi connectivity index (χ0v) is 10.8. The van der Waals surface area contributed by atoms with E-state index < -0.39 is 0 Å². The molecule has 1 atom stereocenters. The largest absolute Gasteiger partial charge is 0.447 e. The van der Waals surface area contributed by atoms with Crippen LogP contribution in [0.3, 0.4) is 0 Å².